The van der Waals surface area contributed by atoms with Crippen LogP contribution in [-0.2, 0) is 6.54 Å². The summed E-state index contributed by atoms with van der Waals surface area (Å²) in [7, 11) is 0. The van der Waals surface area contributed by atoms with Gasteiger partial charge in [0.25, 0.3) is 0 Å². The van der Waals surface area contributed by atoms with E-state index in [4.69, 9.17) is 4.99 Å². The minimum atomic E-state index is 0.673. The predicted molar refractivity (Wildman–Crippen MR) is 81.5 cm³/mol. The third kappa shape index (κ3) is 3.11. The Hall–Kier alpha value is -1.03. The van der Waals surface area contributed by atoms with Gasteiger partial charge in [0, 0.05) is 24.2 Å². The smallest absolute Gasteiger partial charge is 0.157 e. The normalized spacial score (nSPS) is 28.8. The molecule has 0 radical (unpaired) electrons. The van der Waals surface area contributed by atoms with Crippen molar-refractivity contribution in [3.8, 4) is 0 Å². The van der Waals surface area contributed by atoms with Crippen molar-refractivity contribution in [3.05, 3.63) is 29.6 Å². The third-order valence-electron chi connectivity index (χ3n) is 4.18. The summed E-state index contributed by atoms with van der Waals surface area (Å²) >= 11 is 1.90. The highest BCUT2D eigenvalue weighted by molar-refractivity contribution is 8.13. The molecule has 102 valence electrons. The largest absolute Gasteiger partial charge is 0.362 e. The monoisotopic (exact) mass is 275 g/mol. The third-order valence-corrected chi connectivity index (χ3v) is 5.30. The van der Waals surface area contributed by atoms with Crippen molar-refractivity contribution in [2.75, 3.05) is 5.75 Å². The van der Waals surface area contributed by atoms with Gasteiger partial charge in [0.05, 0.1) is 6.54 Å². The van der Waals surface area contributed by atoms with Crippen molar-refractivity contribution in [1.82, 2.24) is 10.3 Å². The van der Waals surface area contributed by atoms with Gasteiger partial charge in [-0.05, 0) is 42.9 Å². The molecule has 3 nitrogen and oxygen atoms in total. The number of fused-ring (bicyclic) bond motifs is 1. The summed E-state index contributed by atoms with van der Waals surface area (Å²) in [6.45, 7) is 2.86. The number of amidine groups is 1. The molecule has 1 aliphatic heterocycles. The van der Waals surface area contributed by atoms with E-state index in [9.17, 15) is 0 Å². The highest BCUT2D eigenvalue weighted by atomic mass is 32.2. The van der Waals surface area contributed by atoms with Crippen molar-refractivity contribution in [2.24, 2.45) is 10.9 Å². The van der Waals surface area contributed by atoms with Crippen LogP contribution in [-0.4, -0.2) is 21.9 Å². The Morgan fingerprint density at radius 1 is 1.42 bits per heavy atom. The van der Waals surface area contributed by atoms with Crippen LogP contribution in [0.4, 0.5) is 0 Å². The van der Waals surface area contributed by atoms with Gasteiger partial charge in [-0.3, -0.25) is 9.98 Å². The number of hydrogen-bond donors (Lipinski definition) is 1. The molecule has 3 rings (SSSR count). The summed E-state index contributed by atoms with van der Waals surface area (Å²) in [5.41, 5.74) is 2.50. The molecule has 2 heterocycles. The fraction of sp³-hybridized carbons (Fsp3) is 0.600. The zero-order chi connectivity index (χ0) is 13.1. The number of nitrogens with zero attached hydrogens (tertiary/aromatic N) is 2. The maximum Gasteiger partial charge on any atom is 0.157 e. The number of aryl methyl sites for hydroxylation is 1. The van der Waals surface area contributed by atoms with Crippen LogP contribution in [0, 0.1) is 12.8 Å². The average molecular weight is 275 g/mol. The first-order chi connectivity index (χ1) is 9.33. The SMILES string of the molecule is Cc1cnccc1CN=C1NC2CCCCC2CS1. The van der Waals surface area contributed by atoms with E-state index >= 15 is 0 Å². The lowest BCUT2D eigenvalue weighted by Gasteiger charge is -2.36. The summed E-state index contributed by atoms with van der Waals surface area (Å²) < 4.78 is 0. The second kappa shape index (κ2) is 5.95. The van der Waals surface area contributed by atoms with Gasteiger partial charge in [0.2, 0.25) is 0 Å². The van der Waals surface area contributed by atoms with E-state index in [1.807, 2.05) is 24.2 Å². The summed E-state index contributed by atoms with van der Waals surface area (Å²) in [6.07, 6.45) is 9.25. The minimum Gasteiger partial charge on any atom is -0.362 e. The highest BCUT2D eigenvalue weighted by Gasteiger charge is 2.30. The van der Waals surface area contributed by atoms with Crippen molar-refractivity contribution in [3.63, 3.8) is 0 Å². The highest BCUT2D eigenvalue weighted by Crippen LogP contribution is 2.31. The maximum absolute atomic E-state index is 4.75. The molecule has 0 aromatic carbocycles. The van der Waals surface area contributed by atoms with E-state index in [-0.39, 0.29) is 0 Å². The van der Waals surface area contributed by atoms with E-state index in [1.165, 1.54) is 42.6 Å². The van der Waals surface area contributed by atoms with Crippen molar-refractivity contribution >= 4 is 16.9 Å². The second-order valence-electron chi connectivity index (χ2n) is 5.53. The van der Waals surface area contributed by atoms with Crippen LogP contribution in [0.5, 0.6) is 0 Å². The fourth-order valence-electron chi connectivity index (χ4n) is 2.91. The Morgan fingerprint density at radius 3 is 3.21 bits per heavy atom. The number of aliphatic imine (C=N–C) groups is 1. The van der Waals surface area contributed by atoms with Gasteiger partial charge in [0.15, 0.2) is 5.17 Å². The molecule has 0 spiro atoms. The molecule has 0 bridgehead atoms. The molecule has 0 amide bonds. The van der Waals surface area contributed by atoms with Gasteiger partial charge < -0.3 is 5.32 Å². The maximum atomic E-state index is 4.75. The van der Waals surface area contributed by atoms with Gasteiger partial charge >= 0.3 is 0 Å². The van der Waals surface area contributed by atoms with Gasteiger partial charge in [-0.15, -0.1) is 0 Å². The quantitative estimate of drug-likeness (QED) is 0.901. The molecule has 4 heteroatoms. The summed E-state index contributed by atoms with van der Waals surface area (Å²) in [5.74, 6) is 2.10. The number of rotatable bonds is 2. The Bertz CT molecular complexity index is 472. The lowest BCUT2D eigenvalue weighted by molar-refractivity contribution is 0.311. The van der Waals surface area contributed by atoms with Crippen LogP contribution in [0.15, 0.2) is 23.5 Å². The Balaban J connectivity index is 1.63. The fourth-order valence-corrected chi connectivity index (χ4v) is 4.07. The molecular weight excluding hydrogens is 254 g/mol. The number of hydrogen-bond acceptors (Lipinski definition) is 3. The minimum absolute atomic E-state index is 0.673. The van der Waals surface area contributed by atoms with E-state index in [1.54, 1.807) is 0 Å². The number of thioether (sulfide) groups is 1. The van der Waals surface area contributed by atoms with Crippen molar-refractivity contribution in [2.45, 2.75) is 45.2 Å². The van der Waals surface area contributed by atoms with Crippen LogP contribution in [0.25, 0.3) is 0 Å². The van der Waals surface area contributed by atoms with Crippen LogP contribution < -0.4 is 5.32 Å². The van der Waals surface area contributed by atoms with Crippen LogP contribution >= 0.6 is 11.8 Å². The van der Waals surface area contributed by atoms with Crippen LogP contribution in [0.1, 0.15) is 36.8 Å². The average Bonchev–Trinajstić information content (AvgIpc) is 2.46. The molecule has 2 atom stereocenters. The Labute approximate surface area is 119 Å². The van der Waals surface area contributed by atoms with E-state index in [0.29, 0.717) is 6.04 Å². The van der Waals surface area contributed by atoms with Crippen molar-refractivity contribution in [1.29, 1.82) is 0 Å². The molecule has 19 heavy (non-hydrogen) atoms. The molecule has 2 fully saturated rings. The van der Waals surface area contributed by atoms with Gasteiger partial charge in [-0.2, -0.15) is 0 Å². The molecule has 1 N–H and O–H groups in total. The van der Waals surface area contributed by atoms with Crippen LogP contribution in [0.2, 0.25) is 0 Å². The van der Waals surface area contributed by atoms with Crippen LogP contribution in [0.3, 0.4) is 0 Å². The Morgan fingerprint density at radius 2 is 2.32 bits per heavy atom. The first-order valence-electron chi connectivity index (χ1n) is 7.16. The number of aromatic nitrogens is 1. The first kappa shape index (κ1) is 13.0. The van der Waals surface area contributed by atoms with Crippen molar-refractivity contribution < 1.29 is 0 Å². The molecule has 1 saturated heterocycles. The standard InChI is InChI=1S/C15H21N3S/c1-11-8-16-7-6-12(11)9-17-15-18-14-5-3-2-4-13(14)10-19-15/h6-8,13-14H,2-5,9-10H2,1H3,(H,17,18). The molecule has 1 saturated carbocycles. The number of pyridine rings is 1. The molecule has 1 aromatic heterocycles. The van der Waals surface area contributed by atoms with Gasteiger partial charge in [-0.25, -0.2) is 0 Å². The molecule has 1 aliphatic carbocycles. The Kier molecular flexibility index (Phi) is 4.06. The lowest BCUT2D eigenvalue weighted by atomic mass is 9.86. The lowest BCUT2D eigenvalue weighted by Crippen LogP contribution is -2.46. The number of nitrogens with one attached hydrogen (secondary N) is 1. The topological polar surface area (TPSA) is 37.3 Å². The van der Waals surface area contributed by atoms with Gasteiger partial charge in [0.1, 0.15) is 0 Å². The first-order valence-corrected chi connectivity index (χ1v) is 8.15. The summed E-state index contributed by atoms with van der Waals surface area (Å²) in [5, 5.41) is 4.78. The predicted octanol–water partition coefficient (Wildman–Crippen LogP) is 3.14. The molecule has 2 aliphatic rings. The zero-order valence-electron chi connectivity index (χ0n) is 11.4. The molecule has 2 unspecified atom stereocenters. The summed E-state index contributed by atoms with van der Waals surface area (Å²) in [6, 6.07) is 2.74. The molecular formula is C15H21N3S. The second-order valence-corrected chi connectivity index (χ2v) is 6.54. The van der Waals surface area contributed by atoms with E-state index in [0.717, 1.165) is 17.6 Å². The summed E-state index contributed by atoms with van der Waals surface area (Å²) in [4.78, 5) is 8.87. The molecule has 1 aromatic rings. The van der Waals surface area contributed by atoms with Gasteiger partial charge in [-0.1, -0.05) is 24.6 Å². The zero-order valence-corrected chi connectivity index (χ0v) is 12.2. The van der Waals surface area contributed by atoms with E-state index < -0.39 is 0 Å². The van der Waals surface area contributed by atoms with E-state index in [2.05, 4.69) is 23.3 Å².